The lowest BCUT2D eigenvalue weighted by molar-refractivity contribution is 0.208. The molecule has 0 unspecified atom stereocenters. The van der Waals surface area contributed by atoms with Crippen LogP contribution in [0.3, 0.4) is 0 Å². The van der Waals surface area contributed by atoms with E-state index in [0.29, 0.717) is 5.75 Å². The Hall–Kier alpha value is -1.31. The first-order chi connectivity index (χ1) is 8.22. The third kappa shape index (κ3) is 3.34. The molecular formula is C11H18N2O4S. The van der Waals surface area contributed by atoms with Gasteiger partial charge in [0.05, 0.1) is 29.8 Å². The van der Waals surface area contributed by atoms with Crippen molar-refractivity contribution in [2.45, 2.75) is 24.3 Å². The number of aliphatic hydroxyl groups excluding tert-OH is 1. The quantitative estimate of drug-likeness (QED) is 0.671. The fraction of sp³-hybridized carbons (Fsp3) is 0.455. The molecule has 0 radical (unpaired) electrons. The smallest absolute Gasteiger partial charge is 0.241 e. The summed E-state index contributed by atoms with van der Waals surface area (Å²) in [6.07, 6.45) is 0. The van der Waals surface area contributed by atoms with Crippen LogP contribution in [0, 0.1) is 0 Å². The minimum Gasteiger partial charge on any atom is -0.495 e. The summed E-state index contributed by atoms with van der Waals surface area (Å²) < 4.78 is 31.4. The van der Waals surface area contributed by atoms with Crippen LogP contribution in [0.15, 0.2) is 23.1 Å². The minimum absolute atomic E-state index is 0.0299. The molecule has 6 nitrogen and oxygen atoms in total. The highest BCUT2D eigenvalue weighted by Crippen LogP contribution is 2.24. The van der Waals surface area contributed by atoms with Crippen molar-refractivity contribution in [1.82, 2.24) is 4.72 Å². The third-order valence-corrected chi connectivity index (χ3v) is 4.01. The second-order valence-electron chi connectivity index (χ2n) is 4.55. The van der Waals surface area contributed by atoms with Gasteiger partial charge < -0.3 is 15.6 Å². The number of methoxy groups -OCH3 is 1. The number of nitrogens with one attached hydrogen (secondary N) is 1. The Morgan fingerprint density at radius 3 is 2.50 bits per heavy atom. The van der Waals surface area contributed by atoms with Crippen LogP contribution in [0.25, 0.3) is 0 Å². The topological polar surface area (TPSA) is 102 Å². The molecule has 0 amide bonds. The molecular weight excluding hydrogens is 256 g/mol. The molecule has 0 aliphatic carbocycles. The molecule has 0 aliphatic heterocycles. The zero-order chi connectivity index (χ0) is 14.0. The van der Waals surface area contributed by atoms with Crippen molar-refractivity contribution in [2.75, 3.05) is 19.5 Å². The molecule has 0 aliphatic rings. The summed E-state index contributed by atoms with van der Waals surface area (Å²) in [7, 11) is -2.27. The van der Waals surface area contributed by atoms with E-state index in [-0.39, 0.29) is 17.2 Å². The van der Waals surface area contributed by atoms with Gasteiger partial charge in [-0.3, -0.25) is 0 Å². The van der Waals surface area contributed by atoms with E-state index in [1.54, 1.807) is 13.8 Å². The number of hydrogen-bond acceptors (Lipinski definition) is 5. The van der Waals surface area contributed by atoms with Gasteiger partial charge in [-0.1, -0.05) is 0 Å². The van der Waals surface area contributed by atoms with Gasteiger partial charge in [-0.05, 0) is 32.0 Å². The highest BCUT2D eigenvalue weighted by Gasteiger charge is 2.25. The average Bonchev–Trinajstić information content (AvgIpc) is 2.27. The standard InChI is InChI=1S/C11H18N2O4S/c1-11(2,7-14)13-18(15,16)8-4-5-10(17-3)9(12)6-8/h4-6,13-14H,7,12H2,1-3H3. The van der Waals surface area contributed by atoms with Crippen molar-refractivity contribution in [1.29, 1.82) is 0 Å². The van der Waals surface area contributed by atoms with Crippen molar-refractivity contribution in [3.63, 3.8) is 0 Å². The van der Waals surface area contributed by atoms with Gasteiger partial charge in [-0.15, -0.1) is 0 Å². The van der Waals surface area contributed by atoms with E-state index in [2.05, 4.69) is 4.72 Å². The highest BCUT2D eigenvalue weighted by atomic mass is 32.2. The van der Waals surface area contributed by atoms with E-state index in [1.807, 2.05) is 0 Å². The molecule has 0 bridgehead atoms. The molecule has 0 saturated carbocycles. The van der Waals surface area contributed by atoms with Gasteiger partial charge in [0, 0.05) is 0 Å². The molecule has 18 heavy (non-hydrogen) atoms. The summed E-state index contributed by atoms with van der Waals surface area (Å²) in [6.45, 7) is 2.85. The third-order valence-electron chi connectivity index (χ3n) is 2.32. The number of benzene rings is 1. The number of aliphatic hydroxyl groups is 1. The van der Waals surface area contributed by atoms with E-state index >= 15 is 0 Å². The molecule has 7 heteroatoms. The van der Waals surface area contributed by atoms with Crippen LogP contribution in [0.5, 0.6) is 5.75 Å². The Kier molecular flexibility index (Phi) is 4.20. The average molecular weight is 274 g/mol. The summed E-state index contributed by atoms with van der Waals surface area (Å²) in [5, 5.41) is 9.07. The maximum atomic E-state index is 12.0. The number of ether oxygens (including phenoxy) is 1. The Bertz CT molecular complexity index is 526. The van der Waals surface area contributed by atoms with Gasteiger partial charge in [-0.25, -0.2) is 13.1 Å². The number of nitrogens with two attached hydrogens (primary N) is 1. The van der Waals surface area contributed by atoms with Gasteiger partial charge in [0.2, 0.25) is 10.0 Å². The maximum absolute atomic E-state index is 12.0. The molecule has 0 saturated heterocycles. The lowest BCUT2D eigenvalue weighted by atomic mass is 10.1. The molecule has 0 heterocycles. The lowest BCUT2D eigenvalue weighted by Crippen LogP contribution is -2.46. The number of anilines is 1. The fourth-order valence-corrected chi connectivity index (χ4v) is 2.77. The van der Waals surface area contributed by atoms with Crippen molar-refractivity contribution in [3.8, 4) is 5.75 Å². The van der Waals surface area contributed by atoms with Crippen LogP contribution in [0.4, 0.5) is 5.69 Å². The van der Waals surface area contributed by atoms with Crippen molar-refractivity contribution in [2.24, 2.45) is 0 Å². The Morgan fingerprint density at radius 1 is 1.44 bits per heavy atom. The van der Waals surface area contributed by atoms with Gasteiger partial charge in [0.1, 0.15) is 5.75 Å². The number of sulfonamides is 1. The molecule has 102 valence electrons. The molecule has 0 atom stereocenters. The second kappa shape index (κ2) is 5.13. The van der Waals surface area contributed by atoms with Crippen molar-refractivity contribution in [3.05, 3.63) is 18.2 Å². The van der Waals surface area contributed by atoms with Gasteiger partial charge in [0.15, 0.2) is 0 Å². The van der Waals surface area contributed by atoms with Crippen LogP contribution in [0.1, 0.15) is 13.8 Å². The van der Waals surface area contributed by atoms with Crippen molar-refractivity contribution >= 4 is 15.7 Å². The van der Waals surface area contributed by atoms with Gasteiger partial charge in [0.25, 0.3) is 0 Å². The molecule has 1 aromatic carbocycles. The number of hydrogen-bond donors (Lipinski definition) is 3. The van der Waals surface area contributed by atoms with Crippen LogP contribution in [-0.4, -0.2) is 32.8 Å². The molecule has 0 spiro atoms. The molecule has 0 fully saturated rings. The van der Waals surface area contributed by atoms with Gasteiger partial charge >= 0.3 is 0 Å². The zero-order valence-corrected chi connectivity index (χ0v) is 11.4. The zero-order valence-electron chi connectivity index (χ0n) is 10.6. The van der Waals surface area contributed by atoms with Crippen LogP contribution >= 0.6 is 0 Å². The van der Waals surface area contributed by atoms with E-state index in [9.17, 15) is 8.42 Å². The Morgan fingerprint density at radius 2 is 2.06 bits per heavy atom. The Labute approximate surface area is 107 Å². The lowest BCUT2D eigenvalue weighted by Gasteiger charge is -2.23. The van der Waals surface area contributed by atoms with E-state index in [4.69, 9.17) is 15.6 Å². The van der Waals surface area contributed by atoms with Crippen LogP contribution < -0.4 is 15.2 Å². The first kappa shape index (κ1) is 14.7. The first-order valence-electron chi connectivity index (χ1n) is 5.30. The van der Waals surface area contributed by atoms with Crippen LogP contribution in [-0.2, 0) is 10.0 Å². The summed E-state index contributed by atoms with van der Waals surface area (Å²) in [4.78, 5) is 0.0299. The minimum atomic E-state index is -3.72. The van der Waals surface area contributed by atoms with Crippen molar-refractivity contribution < 1.29 is 18.3 Å². The fourth-order valence-electron chi connectivity index (χ4n) is 1.33. The molecule has 1 aromatic rings. The highest BCUT2D eigenvalue weighted by molar-refractivity contribution is 7.89. The van der Waals surface area contributed by atoms with Crippen LogP contribution in [0.2, 0.25) is 0 Å². The van der Waals surface area contributed by atoms with E-state index < -0.39 is 15.6 Å². The summed E-state index contributed by atoms with van der Waals surface area (Å²) in [5.74, 6) is 0.412. The molecule has 0 aromatic heterocycles. The molecule has 4 N–H and O–H groups in total. The number of nitrogen functional groups attached to an aromatic ring is 1. The SMILES string of the molecule is COc1ccc(S(=O)(=O)NC(C)(C)CO)cc1N. The molecule has 1 rings (SSSR count). The summed E-state index contributed by atoms with van der Waals surface area (Å²) in [5.41, 5.74) is 4.96. The number of rotatable bonds is 5. The summed E-state index contributed by atoms with van der Waals surface area (Å²) >= 11 is 0. The summed E-state index contributed by atoms with van der Waals surface area (Å²) in [6, 6.07) is 4.19. The van der Waals surface area contributed by atoms with E-state index in [1.165, 1.54) is 25.3 Å². The largest absolute Gasteiger partial charge is 0.495 e. The Balaban J connectivity index is 3.10. The predicted molar refractivity (Wildman–Crippen MR) is 68.9 cm³/mol. The first-order valence-corrected chi connectivity index (χ1v) is 6.78. The predicted octanol–water partition coefficient (Wildman–Crippen LogP) is 0.327. The van der Waals surface area contributed by atoms with Gasteiger partial charge in [-0.2, -0.15) is 0 Å². The van der Waals surface area contributed by atoms with E-state index in [0.717, 1.165) is 0 Å². The maximum Gasteiger partial charge on any atom is 0.241 e. The monoisotopic (exact) mass is 274 g/mol. The normalized spacial score (nSPS) is 12.4. The second-order valence-corrected chi connectivity index (χ2v) is 6.23.